The molecule has 0 saturated heterocycles. The van der Waals surface area contributed by atoms with E-state index in [4.69, 9.17) is 0 Å². The van der Waals surface area contributed by atoms with Crippen molar-refractivity contribution in [2.24, 2.45) is 11.8 Å². The highest BCUT2D eigenvalue weighted by molar-refractivity contribution is 7.33. The number of unbranched alkanes of at least 4 members (excludes halogenated alkanes) is 32. The third-order valence-electron chi connectivity index (χ3n) is 18.6. The molecule has 0 fully saturated rings. The summed E-state index contributed by atoms with van der Waals surface area (Å²) >= 11 is 10.9. The molecular weight excluding hydrogens is 1170 g/mol. The van der Waals surface area contributed by atoms with E-state index >= 15 is 9.59 Å². The molecule has 2 aliphatic rings. The van der Waals surface area contributed by atoms with Gasteiger partial charge in [-0.3, -0.25) is 9.59 Å². The second-order valence-electron chi connectivity index (χ2n) is 25.7. The zero-order valence-electron chi connectivity index (χ0n) is 53.9. The SMILES string of the molecule is CCCCCCCCCCCCC(CCCCCCCCCC)CN1C(=O)C2=C(c3ccc(-c4cc5sc(-c6cccs6)cc5s4)s3)N(CC(CCCCCCCCCC)CCCCCCCCCCCC)C(=O)C2=C1c1ccc(-c2cccs2)s1. The zero-order valence-corrected chi connectivity index (χ0v) is 58.8. The number of thiophene rings is 6. The molecule has 6 aromatic heterocycles. The maximum atomic E-state index is 16.2. The average Bonchev–Trinajstić information content (AvgIpc) is 1.59. The molecule has 2 atom stereocenters. The molecule has 0 aliphatic carbocycles. The van der Waals surface area contributed by atoms with Crippen molar-refractivity contribution in [3.8, 4) is 29.3 Å². The van der Waals surface area contributed by atoms with Gasteiger partial charge in [0.1, 0.15) is 0 Å². The Morgan fingerprint density at radius 1 is 0.314 bits per heavy atom. The van der Waals surface area contributed by atoms with Crippen molar-refractivity contribution in [1.29, 1.82) is 0 Å². The second-order valence-corrected chi connectivity index (χ2v) is 31.9. The Hall–Kier alpha value is -3.12. The molecule has 472 valence electrons. The van der Waals surface area contributed by atoms with E-state index in [1.165, 1.54) is 270 Å². The summed E-state index contributed by atoms with van der Waals surface area (Å²) in [5.74, 6) is 0.867. The molecule has 8 rings (SSSR count). The van der Waals surface area contributed by atoms with Crippen LogP contribution in [0.4, 0.5) is 0 Å². The van der Waals surface area contributed by atoms with Crippen molar-refractivity contribution in [3.05, 3.63) is 92.3 Å². The van der Waals surface area contributed by atoms with Crippen molar-refractivity contribution in [2.75, 3.05) is 13.1 Å². The number of amides is 2. The summed E-state index contributed by atoms with van der Waals surface area (Å²) in [4.78, 5) is 46.4. The van der Waals surface area contributed by atoms with Crippen LogP contribution in [0.1, 0.15) is 294 Å². The molecule has 2 aliphatic heterocycles. The first-order valence-corrected chi connectivity index (χ1v) is 40.4. The molecule has 6 aromatic rings. The van der Waals surface area contributed by atoms with Crippen molar-refractivity contribution < 1.29 is 9.59 Å². The van der Waals surface area contributed by atoms with Gasteiger partial charge in [-0.2, -0.15) is 0 Å². The van der Waals surface area contributed by atoms with Crippen LogP contribution >= 0.6 is 68.0 Å². The summed E-state index contributed by atoms with van der Waals surface area (Å²) in [7, 11) is 0. The lowest BCUT2D eigenvalue weighted by atomic mass is 9.93. The minimum atomic E-state index is 0.0536. The van der Waals surface area contributed by atoms with Gasteiger partial charge in [-0.05, 0) is 96.8 Å². The number of hydrogen-bond donors (Lipinski definition) is 0. The molecule has 10 heteroatoms. The number of carbonyl (C=O) groups is 2. The van der Waals surface area contributed by atoms with Gasteiger partial charge in [-0.15, -0.1) is 68.0 Å². The predicted octanol–water partition coefficient (Wildman–Crippen LogP) is 26.9. The summed E-state index contributed by atoms with van der Waals surface area (Å²) in [5, 5.41) is 4.33. The predicted molar refractivity (Wildman–Crippen MR) is 386 cm³/mol. The zero-order chi connectivity index (χ0) is 60.0. The minimum Gasteiger partial charge on any atom is -0.306 e. The van der Waals surface area contributed by atoms with Crippen LogP contribution in [0.5, 0.6) is 0 Å². The largest absolute Gasteiger partial charge is 0.306 e. The monoisotopic (exact) mass is 1270 g/mol. The van der Waals surface area contributed by atoms with Gasteiger partial charge >= 0.3 is 0 Å². The average molecular weight is 1280 g/mol. The fourth-order valence-corrected chi connectivity index (χ4v) is 19.8. The maximum absolute atomic E-state index is 16.2. The summed E-state index contributed by atoms with van der Waals surface area (Å²) < 4.78 is 2.65. The minimum absolute atomic E-state index is 0.0536. The Morgan fingerprint density at radius 3 is 0.907 bits per heavy atom. The molecule has 8 heterocycles. The third-order valence-corrected chi connectivity index (χ3v) is 25.4. The van der Waals surface area contributed by atoms with Crippen LogP contribution in [0.25, 0.3) is 50.1 Å². The summed E-state index contributed by atoms with van der Waals surface area (Å²) in [6, 6.07) is 22.5. The number of hydrogen-bond acceptors (Lipinski definition) is 8. The fraction of sp³-hybridized carbons (Fsp3) is 0.632. The number of carbonyl (C=O) groups excluding carboxylic acids is 2. The maximum Gasteiger partial charge on any atom is 0.261 e. The Kier molecular flexibility index (Phi) is 31.4. The Balaban J connectivity index is 1.11. The van der Waals surface area contributed by atoms with E-state index in [1.54, 1.807) is 34.0 Å². The molecule has 0 aromatic carbocycles. The van der Waals surface area contributed by atoms with Gasteiger partial charge in [-0.1, -0.05) is 271 Å². The lowest BCUT2D eigenvalue weighted by Gasteiger charge is -2.29. The van der Waals surface area contributed by atoms with E-state index in [0.717, 1.165) is 46.8 Å². The van der Waals surface area contributed by atoms with Crippen molar-refractivity contribution in [2.45, 2.75) is 285 Å². The lowest BCUT2D eigenvalue weighted by molar-refractivity contribution is -0.124. The molecule has 4 nitrogen and oxygen atoms in total. The van der Waals surface area contributed by atoms with Gasteiger partial charge in [0, 0.05) is 51.8 Å². The van der Waals surface area contributed by atoms with Crippen molar-refractivity contribution in [3.63, 3.8) is 0 Å². The Labute approximate surface area is 546 Å². The number of rotatable bonds is 49. The first kappa shape index (κ1) is 68.8. The molecule has 0 N–H and O–H groups in total. The molecular formula is C76H110N2O2S6. The smallest absolute Gasteiger partial charge is 0.261 e. The molecule has 0 spiro atoms. The topological polar surface area (TPSA) is 40.6 Å². The van der Waals surface area contributed by atoms with Gasteiger partial charge in [0.15, 0.2) is 0 Å². The second kappa shape index (κ2) is 39.2. The molecule has 2 unspecified atom stereocenters. The van der Waals surface area contributed by atoms with E-state index < -0.39 is 0 Å². The van der Waals surface area contributed by atoms with E-state index in [-0.39, 0.29) is 11.8 Å². The molecule has 0 radical (unpaired) electrons. The molecule has 86 heavy (non-hydrogen) atoms. The Morgan fingerprint density at radius 2 is 0.593 bits per heavy atom. The van der Waals surface area contributed by atoms with Gasteiger partial charge < -0.3 is 9.80 Å². The van der Waals surface area contributed by atoms with Crippen LogP contribution in [0, 0.1) is 11.8 Å². The van der Waals surface area contributed by atoms with Gasteiger partial charge in [-0.25, -0.2) is 0 Å². The first-order chi connectivity index (χ1) is 42.4. The van der Waals surface area contributed by atoms with Crippen LogP contribution in [-0.4, -0.2) is 34.7 Å². The summed E-state index contributed by atoms with van der Waals surface area (Å²) in [5.41, 5.74) is 3.12. The lowest BCUT2D eigenvalue weighted by Crippen LogP contribution is -2.34. The fourth-order valence-electron chi connectivity index (χ4n) is 13.5. The van der Waals surface area contributed by atoms with E-state index in [1.807, 2.05) is 34.0 Å². The molecule has 2 amide bonds. The van der Waals surface area contributed by atoms with Crippen LogP contribution in [0.15, 0.2) is 82.6 Å². The third kappa shape index (κ3) is 21.0. The van der Waals surface area contributed by atoms with E-state index in [0.29, 0.717) is 36.1 Å². The molecule has 0 bridgehead atoms. The van der Waals surface area contributed by atoms with E-state index in [2.05, 4.69) is 109 Å². The normalized spacial score (nSPS) is 14.4. The van der Waals surface area contributed by atoms with Gasteiger partial charge in [0.2, 0.25) is 0 Å². The van der Waals surface area contributed by atoms with Gasteiger partial charge in [0.25, 0.3) is 11.8 Å². The van der Waals surface area contributed by atoms with Crippen LogP contribution in [0.2, 0.25) is 0 Å². The van der Waals surface area contributed by atoms with Crippen LogP contribution in [0.3, 0.4) is 0 Å². The molecule has 0 saturated carbocycles. The number of nitrogens with zero attached hydrogens (tertiary/aromatic N) is 2. The van der Waals surface area contributed by atoms with E-state index in [9.17, 15) is 0 Å². The number of fused-ring (bicyclic) bond motifs is 2. The van der Waals surface area contributed by atoms with Crippen LogP contribution < -0.4 is 0 Å². The summed E-state index contributed by atoms with van der Waals surface area (Å²) in [6.45, 7) is 10.6. The standard InChI is InChI=1S/C76H110N2O2S6/c1-5-9-13-17-21-25-27-31-35-39-45-59(43-37-33-29-23-19-15-11-7-3)57-77-73(65-51-49-63(83-65)61-47-41-53-81-61)71-72(76(77)80)74(66-52-50-64(84-66)68-56-70-69(86-68)55-67(85-70)62-48-42-54-82-62)78(75(71)79)58-60(44-38-34-30-24-20-16-12-8-4)46-40-36-32-28-26-22-18-14-10-6-2/h41-42,47-56,59-60H,5-40,43-46,57-58H2,1-4H3. The first-order valence-electron chi connectivity index (χ1n) is 35.4. The quantitative estimate of drug-likeness (QED) is 0.0357. The Bertz CT molecular complexity index is 2860. The van der Waals surface area contributed by atoms with Crippen LogP contribution in [-0.2, 0) is 9.59 Å². The highest BCUT2D eigenvalue weighted by atomic mass is 32.1. The summed E-state index contributed by atoms with van der Waals surface area (Å²) in [6.07, 6.45) is 51.9. The van der Waals surface area contributed by atoms with Crippen molar-refractivity contribution in [1.82, 2.24) is 9.80 Å². The highest BCUT2D eigenvalue weighted by Crippen LogP contribution is 2.52. The van der Waals surface area contributed by atoms with Crippen molar-refractivity contribution >= 4 is 101 Å². The highest BCUT2D eigenvalue weighted by Gasteiger charge is 2.50. The van der Waals surface area contributed by atoms with Gasteiger partial charge in [0.05, 0.1) is 32.3 Å².